The van der Waals surface area contributed by atoms with Gasteiger partial charge in [-0.25, -0.2) is 4.98 Å². The fraction of sp³-hybridized carbons (Fsp3) is 0.818. The SMILES string of the molecule is CCc1n[nH]c(CN2CCSCC[C@H]2C)n1. The summed E-state index contributed by atoms with van der Waals surface area (Å²) < 4.78 is 0. The highest BCUT2D eigenvalue weighted by molar-refractivity contribution is 7.99. The molecular weight excluding hydrogens is 220 g/mol. The summed E-state index contributed by atoms with van der Waals surface area (Å²) in [6, 6.07) is 0.658. The van der Waals surface area contributed by atoms with Gasteiger partial charge in [0.05, 0.1) is 6.54 Å². The zero-order valence-corrected chi connectivity index (χ0v) is 10.9. The summed E-state index contributed by atoms with van der Waals surface area (Å²) in [6.45, 7) is 6.46. The fourth-order valence-electron chi connectivity index (χ4n) is 1.93. The minimum absolute atomic E-state index is 0.658. The minimum Gasteiger partial charge on any atom is -0.292 e. The molecule has 0 aromatic carbocycles. The van der Waals surface area contributed by atoms with Crippen molar-refractivity contribution in [3.8, 4) is 0 Å². The van der Waals surface area contributed by atoms with Crippen molar-refractivity contribution in [3.05, 3.63) is 11.6 Å². The van der Waals surface area contributed by atoms with Crippen molar-refractivity contribution in [1.29, 1.82) is 0 Å². The molecule has 2 rings (SSSR count). The van der Waals surface area contributed by atoms with E-state index in [2.05, 4.69) is 45.7 Å². The van der Waals surface area contributed by atoms with E-state index in [1.165, 1.54) is 17.9 Å². The summed E-state index contributed by atoms with van der Waals surface area (Å²) in [7, 11) is 0. The van der Waals surface area contributed by atoms with E-state index in [1.807, 2.05) is 0 Å². The summed E-state index contributed by atoms with van der Waals surface area (Å²) in [6.07, 6.45) is 2.18. The highest BCUT2D eigenvalue weighted by Gasteiger charge is 2.18. The topological polar surface area (TPSA) is 44.8 Å². The monoisotopic (exact) mass is 240 g/mol. The van der Waals surface area contributed by atoms with Crippen LogP contribution in [0.25, 0.3) is 0 Å². The van der Waals surface area contributed by atoms with Gasteiger partial charge in [-0.1, -0.05) is 6.92 Å². The number of aromatic amines is 1. The quantitative estimate of drug-likeness (QED) is 0.873. The molecular formula is C11H20N4S. The predicted octanol–water partition coefficient (Wildman–Crippen LogP) is 1.69. The molecule has 0 bridgehead atoms. The van der Waals surface area contributed by atoms with Gasteiger partial charge in [0.15, 0.2) is 0 Å². The maximum absolute atomic E-state index is 4.47. The zero-order chi connectivity index (χ0) is 11.4. The number of rotatable bonds is 3. The Labute approximate surface area is 101 Å². The molecule has 1 saturated heterocycles. The Kier molecular flexibility index (Phi) is 4.23. The Hall–Kier alpha value is -0.550. The van der Waals surface area contributed by atoms with Crippen LogP contribution in [0.1, 0.15) is 31.9 Å². The van der Waals surface area contributed by atoms with Crippen molar-refractivity contribution in [2.45, 2.75) is 39.3 Å². The average molecular weight is 240 g/mol. The second-order valence-electron chi connectivity index (χ2n) is 4.27. The Morgan fingerprint density at radius 3 is 3.12 bits per heavy atom. The number of thioether (sulfide) groups is 1. The van der Waals surface area contributed by atoms with Crippen LogP contribution in [0.2, 0.25) is 0 Å². The molecule has 90 valence electrons. The molecule has 1 aromatic heterocycles. The molecule has 2 heterocycles. The molecule has 1 aliphatic heterocycles. The third-order valence-corrected chi connectivity index (χ3v) is 4.07. The summed E-state index contributed by atoms with van der Waals surface area (Å²) in [5.74, 6) is 4.45. The second-order valence-corrected chi connectivity index (χ2v) is 5.50. The van der Waals surface area contributed by atoms with Gasteiger partial charge in [-0.3, -0.25) is 10.00 Å². The normalized spacial score (nSPS) is 23.2. The first-order valence-corrected chi connectivity index (χ1v) is 7.17. The predicted molar refractivity (Wildman–Crippen MR) is 67.6 cm³/mol. The summed E-state index contributed by atoms with van der Waals surface area (Å²) >= 11 is 2.06. The number of hydrogen-bond donors (Lipinski definition) is 1. The lowest BCUT2D eigenvalue weighted by molar-refractivity contribution is 0.207. The standard InChI is InChI=1S/C11H20N4S/c1-3-10-12-11(14-13-10)8-15-5-7-16-6-4-9(15)2/h9H,3-8H2,1-2H3,(H,12,13,14)/t9-/m1/s1. The van der Waals surface area contributed by atoms with Gasteiger partial charge in [0, 0.05) is 24.8 Å². The molecule has 4 nitrogen and oxygen atoms in total. The van der Waals surface area contributed by atoms with Gasteiger partial charge in [0.2, 0.25) is 0 Å². The molecule has 1 N–H and O–H groups in total. The Bertz CT molecular complexity index is 326. The lowest BCUT2D eigenvalue weighted by atomic mass is 10.2. The maximum atomic E-state index is 4.47. The van der Waals surface area contributed by atoms with Gasteiger partial charge in [0.1, 0.15) is 11.6 Å². The number of nitrogens with zero attached hydrogens (tertiary/aromatic N) is 3. The van der Waals surface area contributed by atoms with E-state index in [4.69, 9.17) is 0 Å². The molecule has 0 unspecified atom stereocenters. The van der Waals surface area contributed by atoms with Gasteiger partial charge in [0.25, 0.3) is 0 Å². The van der Waals surface area contributed by atoms with Gasteiger partial charge in [-0.2, -0.15) is 16.9 Å². The molecule has 1 aromatic rings. The number of nitrogens with one attached hydrogen (secondary N) is 1. The molecule has 0 spiro atoms. The molecule has 0 aliphatic carbocycles. The highest BCUT2D eigenvalue weighted by Crippen LogP contribution is 2.17. The van der Waals surface area contributed by atoms with E-state index in [1.54, 1.807) is 0 Å². The number of aryl methyl sites for hydroxylation is 1. The molecule has 0 radical (unpaired) electrons. The van der Waals surface area contributed by atoms with Crippen LogP contribution >= 0.6 is 11.8 Å². The van der Waals surface area contributed by atoms with Crippen molar-refractivity contribution in [1.82, 2.24) is 20.1 Å². The summed E-state index contributed by atoms with van der Waals surface area (Å²) in [5.41, 5.74) is 0. The molecule has 0 saturated carbocycles. The van der Waals surface area contributed by atoms with Crippen molar-refractivity contribution in [2.24, 2.45) is 0 Å². The van der Waals surface area contributed by atoms with Crippen LogP contribution in [0, 0.1) is 0 Å². The fourth-order valence-corrected chi connectivity index (χ4v) is 3.01. The van der Waals surface area contributed by atoms with Crippen LogP contribution in [0.5, 0.6) is 0 Å². The molecule has 1 aliphatic rings. The van der Waals surface area contributed by atoms with Gasteiger partial charge in [-0.15, -0.1) is 0 Å². The van der Waals surface area contributed by atoms with E-state index in [9.17, 15) is 0 Å². The van der Waals surface area contributed by atoms with Gasteiger partial charge in [-0.05, 0) is 19.1 Å². The van der Waals surface area contributed by atoms with E-state index < -0.39 is 0 Å². The van der Waals surface area contributed by atoms with E-state index >= 15 is 0 Å². The number of H-pyrrole nitrogens is 1. The first-order valence-electron chi connectivity index (χ1n) is 6.01. The van der Waals surface area contributed by atoms with Gasteiger partial charge < -0.3 is 0 Å². The number of hydrogen-bond acceptors (Lipinski definition) is 4. The van der Waals surface area contributed by atoms with Crippen LogP contribution in [-0.4, -0.2) is 44.2 Å². The Morgan fingerprint density at radius 1 is 1.50 bits per heavy atom. The Morgan fingerprint density at radius 2 is 2.38 bits per heavy atom. The molecule has 16 heavy (non-hydrogen) atoms. The van der Waals surface area contributed by atoms with E-state index in [-0.39, 0.29) is 0 Å². The third-order valence-electron chi connectivity index (χ3n) is 3.07. The van der Waals surface area contributed by atoms with E-state index in [0.717, 1.165) is 31.2 Å². The third kappa shape index (κ3) is 2.98. The van der Waals surface area contributed by atoms with Crippen molar-refractivity contribution in [2.75, 3.05) is 18.1 Å². The minimum atomic E-state index is 0.658. The Balaban J connectivity index is 1.96. The summed E-state index contributed by atoms with van der Waals surface area (Å²) in [5, 5.41) is 7.22. The molecule has 1 atom stereocenters. The lowest BCUT2D eigenvalue weighted by Gasteiger charge is -2.25. The van der Waals surface area contributed by atoms with Crippen LogP contribution in [0.15, 0.2) is 0 Å². The van der Waals surface area contributed by atoms with Crippen LogP contribution < -0.4 is 0 Å². The van der Waals surface area contributed by atoms with Crippen LogP contribution in [0.4, 0.5) is 0 Å². The molecule has 5 heteroatoms. The smallest absolute Gasteiger partial charge is 0.150 e. The first kappa shape index (κ1) is 11.9. The van der Waals surface area contributed by atoms with Crippen LogP contribution in [0.3, 0.4) is 0 Å². The first-order chi connectivity index (χ1) is 7.79. The van der Waals surface area contributed by atoms with E-state index in [0.29, 0.717) is 6.04 Å². The molecule has 0 amide bonds. The largest absolute Gasteiger partial charge is 0.292 e. The average Bonchev–Trinajstić information content (AvgIpc) is 2.65. The highest BCUT2D eigenvalue weighted by atomic mass is 32.2. The van der Waals surface area contributed by atoms with Crippen molar-refractivity contribution < 1.29 is 0 Å². The summed E-state index contributed by atoms with van der Waals surface area (Å²) in [4.78, 5) is 6.97. The van der Waals surface area contributed by atoms with Crippen molar-refractivity contribution in [3.63, 3.8) is 0 Å². The van der Waals surface area contributed by atoms with Crippen LogP contribution in [-0.2, 0) is 13.0 Å². The maximum Gasteiger partial charge on any atom is 0.150 e. The zero-order valence-electron chi connectivity index (χ0n) is 10.1. The number of aromatic nitrogens is 3. The molecule has 1 fully saturated rings. The van der Waals surface area contributed by atoms with Gasteiger partial charge >= 0.3 is 0 Å². The van der Waals surface area contributed by atoms with Crippen molar-refractivity contribution >= 4 is 11.8 Å². The lowest BCUT2D eigenvalue weighted by Crippen LogP contribution is -2.33. The second kappa shape index (κ2) is 5.68.